The molecule has 0 saturated carbocycles. The highest BCUT2D eigenvalue weighted by Crippen LogP contribution is 2.23. The number of hydrogen-bond donors (Lipinski definition) is 0. The van der Waals surface area contributed by atoms with Crippen LogP contribution in [0.1, 0.15) is 22.5 Å². The standard InChI is InChI=1S/C12H12N2/c1-9-12-6-10-4-2-3-5-11(10)7-14(12)8-13-9/h2-5,8H,6-7H2,1H3. The first-order chi connectivity index (χ1) is 6.84. The normalized spacial score (nSPS) is 13.5. The summed E-state index contributed by atoms with van der Waals surface area (Å²) in [5.74, 6) is 0. The third kappa shape index (κ3) is 1.00. The summed E-state index contributed by atoms with van der Waals surface area (Å²) in [4.78, 5) is 4.34. The molecule has 0 amide bonds. The van der Waals surface area contributed by atoms with Crippen molar-refractivity contribution in [2.45, 2.75) is 19.9 Å². The Bertz CT molecular complexity index is 483. The van der Waals surface area contributed by atoms with Crippen molar-refractivity contribution in [1.29, 1.82) is 0 Å². The molecular weight excluding hydrogens is 172 g/mol. The molecule has 0 radical (unpaired) electrons. The van der Waals surface area contributed by atoms with Crippen LogP contribution in [0.5, 0.6) is 0 Å². The van der Waals surface area contributed by atoms with Gasteiger partial charge in [-0.25, -0.2) is 4.98 Å². The van der Waals surface area contributed by atoms with Gasteiger partial charge in [0.25, 0.3) is 0 Å². The zero-order valence-corrected chi connectivity index (χ0v) is 8.20. The van der Waals surface area contributed by atoms with E-state index in [9.17, 15) is 0 Å². The van der Waals surface area contributed by atoms with Crippen molar-refractivity contribution in [3.8, 4) is 0 Å². The van der Waals surface area contributed by atoms with Gasteiger partial charge < -0.3 is 4.57 Å². The Morgan fingerprint density at radius 3 is 2.86 bits per heavy atom. The summed E-state index contributed by atoms with van der Waals surface area (Å²) in [5.41, 5.74) is 5.41. The molecule has 0 spiro atoms. The number of benzene rings is 1. The smallest absolute Gasteiger partial charge is 0.0954 e. The van der Waals surface area contributed by atoms with E-state index in [0.29, 0.717) is 0 Å². The summed E-state index contributed by atoms with van der Waals surface area (Å²) in [5, 5.41) is 0. The van der Waals surface area contributed by atoms with Crippen LogP contribution in [0.25, 0.3) is 0 Å². The molecule has 1 aromatic carbocycles. The van der Waals surface area contributed by atoms with E-state index in [1.54, 1.807) is 0 Å². The van der Waals surface area contributed by atoms with Crippen molar-refractivity contribution >= 4 is 0 Å². The van der Waals surface area contributed by atoms with E-state index in [1.807, 2.05) is 6.33 Å². The van der Waals surface area contributed by atoms with Crippen LogP contribution >= 0.6 is 0 Å². The number of imidazole rings is 1. The van der Waals surface area contributed by atoms with Crippen LogP contribution in [-0.2, 0) is 13.0 Å². The number of hydrogen-bond acceptors (Lipinski definition) is 1. The topological polar surface area (TPSA) is 17.8 Å². The van der Waals surface area contributed by atoms with Gasteiger partial charge in [0.05, 0.1) is 12.0 Å². The Hall–Kier alpha value is -1.57. The van der Waals surface area contributed by atoms with Gasteiger partial charge in [0.2, 0.25) is 0 Å². The number of nitrogens with zero attached hydrogens (tertiary/aromatic N) is 2. The van der Waals surface area contributed by atoms with Crippen molar-refractivity contribution in [3.05, 3.63) is 53.1 Å². The molecule has 0 N–H and O–H groups in total. The maximum atomic E-state index is 4.34. The van der Waals surface area contributed by atoms with Gasteiger partial charge in [-0.2, -0.15) is 0 Å². The fraction of sp³-hybridized carbons (Fsp3) is 0.250. The van der Waals surface area contributed by atoms with Gasteiger partial charge in [0.1, 0.15) is 0 Å². The summed E-state index contributed by atoms with van der Waals surface area (Å²) in [6.45, 7) is 3.06. The van der Waals surface area contributed by atoms with Crippen LogP contribution in [-0.4, -0.2) is 9.55 Å². The highest BCUT2D eigenvalue weighted by molar-refractivity contribution is 5.36. The zero-order chi connectivity index (χ0) is 9.54. The molecule has 0 atom stereocenters. The number of aromatic nitrogens is 2. The van der Waals surface area contributed by atoms with Crippen LogP contribution in [0.4, 0.5) is 0 Å². The van der Waals surface area contributed by atoms with Gasteiger partial charge >= 0.3 is 0 Å². The second-order valence-corrected chi connectivity index (χ2v) is 3.85. The summed E-state index contributed by atoms with van der Waals surface area (Å²) < 4.78 is 2.25. The lowest BCUT2D eigenvalue weighted by Crippen LogP contribution is -2.13. The average Bonchev–Trinajstić information content (AvgIpc) is 2.57. The minimum atomic E-state index is 0.979. The van der Waals surface area contributed by atoms with Gasteiger partial charge in [-0.05, 0) is 18.1 Å². The molecule has 2 heteroatoms. The van der Waals surface area contributed by atoms with Crippen molar-refractivity contribution in [2.24, 2.45) is 0 Å². The van der Waals surface area contributed by atoms with E-state index >= 15 is 0 Å². The maximum absolute atomic E-state index is 4.34. The molecule has 3 rings (SSSR count). The summed E-state index contributed by atoms with van der Waals surface area (Å²) in [6, 6.07) is 8.63. The van der Waals surface area contributed by atoms with Crippen LogP contribution in [0, 0.1) is 6.92 Å². The molecule has 1 aliphatic rings. The molecule has 2 aromatic rings. The van der Waals surface area contributed by atoms with E-state index in [1.165, 1.54) is 22.5 Å². The first-order valence-electron chi connectivity index (χ1n) is 4.92. The molecule has 2 nitrogen and oxygen atoms in total. The predicted molar refractivity (Wildman–Crippen MR) is 55.3 cm³/mol. The number of aryl methyl sites for hydroxylation is 1. The Morgan fingerprint density at radius 1 is 1.21 bits per heavy atom. The monoisotopic (exact) mass is 184 g/mol. The van der Waals surface area contributed by atoms with E-state index < -0.39 is 0 Å². The van der Waals surface area contributed by atoms with E-state index in [0.717, 1.165) is 13.0 Å². The minimum Gasteiger partial charge on any atom is -0.330 e. The van der Waals surface area contributed by atoms with Crippen molar-refractivity contribution in [1.82, 2.24) is 9.55 Å². The SMILES string of the molecule is Cc1ncn2c1Cc1ccccc1C2. The Morgan fingerprint density at radius 2 is 2.00 bits per heavy atom. The van der Waals surface area contributed by atoms with Crippen LogP contribution < -0.4 is 0 Å². The third-order valence-corrected chi connectivity index (χ3v) is 2.97. The van der Waals surface area contributed by atoms with Gasteiger partial charge in [-0.15, -0.1) is 0 Å². The van der Waals surface area contributed by atoms with Gasteiger partial charge in [0, 0.05) is 18.7 Å². The quantitative estimate of drug-likeness (QED) is 0.523. The molecule has 0 fully saturated rings. The molecule has 0 aliphatic carbocycles. The molecule has 14 heavy (non-hydrogen) atoms. The first kappa shape index (κ1) is 7.80. The zero-order valence-electron chi connectivity index (χ0n) is 8.20. The summed E-state index contributed by atoms with van der Waals surface area (Å²) in [7, 11) is 0. The lowest BCUT2D eigenvalue weighted by atomic mass is 9.99. The molecule has 1 aromatic heterocycles. The number of rotatable bonds is 0. The Labute approximate surface area is 83.2 Å². The van der Waals surface area contributed by atoms with Crippen LogP contribution in [0.15, 0.2) is 30.6 Å². The van der Waals surface area contributed by atoms with Gasteiger partial charge in [-0.3, -0.25) is 0 Å². The molecule has 0 unspecified atom stereocenters. The molecule has 1 aliphatic heterocycles. The van der Waals surface area contributed by atoms with Crippen molar-refractivity contribution < 1.29 is 0 Å². The van der Waals surface area contributed by atoms with Crippen molar-refractivity contribution in [2.75, 3.05) is 0 Å². The average molecular weight is 184 g/mol. The Balaban J connectivity index is 2.14. The second kappa shape index (κ2) is 2.71. The summed E-state index contributed by atoms with van der Waals surface area (Å²) >= 11 is 0. The van der Waals surface area contributed by atoms with E-state index in [4.69, 9.17) is 0 Å². The molecule has 0 bridgehead atoms. The van der Waals surface area contributed by atoms with Gasteiger partial charge in [-0.1, -0.05) is 24.3 Å². The first-order valence-corrected chi connectivity index (χ1v) is 4.92. The van der Waals surface area contributed by atoms with Crippen LogP contribution in [0.2, 0.25) is 0 Å². The highest BCUT2D eigenvalue weighted by atomic mass is 15.1. The van der Waals surface area contributed by atoms with E-state index in [2.05, 4.69) is 40.7 Å². The lowest BCUT2D eigenvalue weighted by molar-refractivity contribution is 0.713. The third-order valence-electron chi connectivity index (χ3n) is 2.97. The number of fused-ring (bicyclic) bond motifs is 2. The molecule has 2 heterocycles. The molecular formula is C12H12N2. The van der Waals surface area contributed by atoms with Crippen molar-refractivity contribution in [3.63, 3.8) is 0 Å². The molecule has 70 valence electrons. The highest BCUT2D eigenvalue weighted by Gasteiger charge is 2.16. The fourth-order valence-corrected chi connectivity index (χ4v) is 2.12. The van der Waals surface area contributed by atoms with Crippen LogP contribution in [0.3, 0.4) is 0 Å². The largest absolute Gasteiger partial charge is 0.330 e. The second-order valence-electron chi connectivity index (χ2n) is 3.85. The van der Waals surface area contributed by atoms with E-state index in [-0.39, 0.29) is 0 Å². The van der Waals surface area contributed by atoms with Gasteiger partial charge in [0.15, 0.2) is 0 Å². The molecule has 0 saturated heterocycles. The minimum absolute atomic E-state index is 0.979. The lowest BCUT2D eigenvalue weighted by Gasteiger charge is -2.18. The predicted octanol–water partition coefficient (Wildman–Crippen LogP) is 2.14. The summed E-state index contributed by atoms with van der Waals surface area (Å²) in [6.07, 6.45) is 2.97. The Kier molecular flexibility index (Phi) is 1.51. The fourth-order valence-electron chi connectivity index (χ4n) is 2.12. The maximum Gasteiger partial charge on any atom is 0.0954 e.